The highest BCUT2D eigenvalue weighted by Gasteiger charge is 2.22. The van der Waals surface area contributed by atoms with Gasteiger partial charge in [-0.25, -0.2) is 0 Å². The number of hydrogen-bond donors (Lipinski definition) is 2. The van der Waals surface area contributed by atoms with E-state index >= 15 is 0 Å². The van der Waals surface area contributed by atoms with Gasteiger partial charge in [-0.05, 0) is 47.5 Å². The Hall–Kier alpha value is -0.740. The van der Waals surface area contributed by atoms with Gasteiger partial charge in [0, 0.05) is 35.9 Å². The standard InChI is InChI=1S/C19H38N2O2/c1-14(2)17(23)13-21-19(7,8)11-9-15(3)16(22)10-12-20-18(4,5)6/h14-15,20-21H,9-13H2,1-8H3. The van der Waals surface area contributed by atoms with Crippen molar-refractivity contribution >= 4 is 11.6 Å². The fourth-order valence-corrected chi connectivity index (χ4v) is 2.16. The predicted octanol–water partition coefficient (Wildman–Crippen LogP) is 3.34. The van der Waals surface area contributed by atoms with Crippen LogP contribution >= 0.6 is 0 Å². The Kier molecular flexibility index (Phi) is 9.22. The molecule has 0 aromatic carbocycles. The minimum Gasteiger partial charge on any atom is -0.312 e. The van der Waals surface area contributed by atoms with E-state index in [1.165, 1.54) is 0 Å². The maximum atomic E-state index is 12.2. The molecule has 136 valence electrons. The van der Waals surface area contributed by atoms with Gasteiger partial charge in [0.05, 0.1) is 6.54 Å². The molecular formula is C19H38N2O2. The van der Waals surface area contributed by atoms with Crippen LogP contribution in [-0.2, 0) is 9.59 Å². The van der Waals surface area contributed by atoms with E-state index in [-0.39, 0.29) is 28.7 Å². The molecule has 0 aliphatic heterocycles. The largest absolute Gasteiger partial charge is 0.312 e. The van der Waals surface area contributed by atoms with Crippen molar-refractivity contribution < 1.29 is 9.59 Å². The number of rotatable bonds is 11. The lowest BCUT2D eigenvalue weighted by molar-refractivity contribution is -0.123. The van der Waals surface area contributed by atoms with Crippen LogP contribution in [0, 0.1) is 11.8 Å². The Balaban J connectivity index is 4.12. The van der Waals surface area contributed by atoms with Crippen molar-refractivity contribution in [3.63, 3.8) is 0 Å². The molecule has 0 radical (unpaired) electrons. The predicted molar refractivity (Wildman–Crippen MR) is 97.7 cm³/mol. The van der Waals surface area contributed by atoms with Gasteiger partial charge >= 0.3 is 0 Å². The molecule has 0 saturated carbocycles. The zero-order valence-corrected chi connectivity index (χ0v) is 16.5. The minimum atomic E-state index is -0.122. The second-order valence-electron chi connectivity index (χ2n) is 8.69. The van der Waals surface area contributed by atoms with Crippen molar-refractivity contribution in [2.24, 2.45) is 11.8 Å². The molecule has 0 saturated heterocycles. The van der Waals surface area contributed by atoms with Crippen molar-refractivity contribution in [3.05, 3.63) is 0 Å². The van der Waals surface area contributed by atoms with E-state index in [9.17, 15) is 9.59 Å². The van der Waals surface area contributed by atoms with E-state index in [2.05, 4.69) is 45.3 Å². The lowest BCUT2D eigenvalue weighted by atomic mass is 9.90. The first-order chi connectivity index (χ1) is 10.3. The van der Waals surface area contributed by atoms with Crippen LogP contribution < -0.4 is 10.6 Å². The van der Waals surface area contributed by atoms with Crippen LogP contribution in [-0.4, -0.2) is 35.7 Å². The Morgan fingerprint density at radius 1 is 0.913 bits per heavy atom. The molecule has 0 aliphatic rings. The first kappa shape index (κ1) is 22.3. The lowest BCUT2D eigenvalue weighted by Gasteiger charge is -2.28. The number of hydrogen-bond acceptors (Lipinski definition) is 4. The SMILES string of the molecule is CC(C)C(=O)CNC(C)(C)CCC(C)C(=O)CCNC(C)(C)C. The summed E-state index contributed by atoms with van der Waals surface area (Å²) in [4.78, 5) is 23.9. The van der Waals surface area contributed by atoms with Gasteiger partial charge in [0.15, 0.2) is 0 Å². The first-order valence-corrected chi connectivity index (χ1v) is 8.89. The monoisotopic (exact) mass is 326 g/mol. The summed E-state index contributed by atoms with van der Waals surface area (Å²) in [7, 11) is 0. The van der Waals surface area contributed by atoms with E-state index in [0.29, 0.717) is 18.7 Å². The minimum absolute atomic E-state index is 0.0539. The molecule has 0 spiro atoms. The van der Waals surface area contributed by atoms with Gasteiger partial charge in [-0.15, -0.1) is 0 Å². The van der Waals surface area contributed by atoms with Gasteiger partial charge < -0.3 is 10.6 Å². The summed E-state index contributed by atoms with van der Waals surface area (Å²) in [5, 5.41) is 6.68. The Labute approximate surface area is 143 Å². The highest BCUT2D eigenvalue weighted by molar-refractivity contribution is 5.82. The normalized spacial score (nSPS) is 14.1. The van der Waals surface area contributed by atoms with E-state index < -0.39 is 0 Å². The smallest absolute Gasteiger partial charge is 0.149 e. The average molecular weight is 327 g/mol. The number of carbonyl (C=O) groups excluding carboxylic acids is 2. The molecule has 0 amide bonds. The molecule has 0 aromatic heterocycles. The molecular weight excluding hydrogens is 288 g/mol. The third-order valence-electron chi connectivity index (χ3n) is 4.16. The summed E-state index contributed by atoms with van der Waals surface area (Å²) in [6.07, 6.45) is 2.32. The molecule has 0 aromatic rings. The molecule has 23 heavy (non-hydrogen) atoms. The number of ketones is 2. The van der Waals surface area contributed by atoms with Crippen molar-refractivity contribution in [1.29, 1.82) is 0 Å². The Morgan fingerprint density at radius 3 is 1.96 bits per heavy atom. The van der Waals surface area contributed by atoms with Crippen LogP contribution in [0.4, 0.5) is 0 Å². The number of carbonyl (C=O) groups is 2. The van der Waals surface area contributed by atoms with Crippen LogP contribution in [0.15, 0.2) is 0 Å². The van der Waals surface area contributed by atoms with Crippen molar-refractivity contribution in [2.75, 3.05) is 13.1 Å². The topological polar surface area (TPSA) is 58.2 Å². The van der Waals surface area contributed by atoms with Crippen LogP contribution in [0.1, 0.15) is 74.7 Å². The second kappa shape index (κ2) is 9.53. The zero-order chi connectivity index (χ0) is 18.3. The molecule has 0 bridgehead atoms. The van der Waals surface area contributed by atoms with Crippen LogP contribution in [0.3, 0.4) is 0 Å². The number of nitrogens with one attached hydrogen (secondary N) is 2. The quantitative estimate of drug-likeness (QED) is 0.611. The van der Waals surface area contributed by atoms with Gasteiger partial charge in [0.2, 0.25) is 0 Å². The number of Topliss-reactive ketones (excluding diaryl/α,β-unsaturated/α-hetero) is 2. The first-order valence-electron chi connectivity index (χ1n) is 8.89. The fourth-order valence-electron chi connectivity index (χ4n) is 2.16. The summed E-state index contributed by atoms with van der Waals surface area (Å²) in [6, 6.07) is 0. The summed E-state index contributed by atoms with van der Waals surface area (Å²) in [5.41, 5.74) is -0.0683. The van der Waals surface area contributed by atoms with Gasteiger partial charge in [-0.2, -0.15) is 0 Å². The maximum absolute atomic E-state index is 12.2. The third-order valence-corrected chi connectivity index (χ3v) is 4.16. The molecule has 0 heterocycles. The highest BCUT2D eigenvalue weighted by Crippen LogP contribution is 2.18. The third kappa shape index (κ3) is 11.4. The van der Waals surface area contributed by atoms with Crippen molar-refractivity contribution in [1.82, 2.24) is 10.6 Å². The second-order valence-corrected chi connectivity index (χ2v) is 8.69. The summed E-state index contributed by atoms with van der Waals surface area (Å²) in [5.74, 6) is 0.680. The van der Waals surface area contributed by atoms with Crippen molar-refractivity contribution in [3.8, 4) is 0 Å². The highest BCUT2D eigenvalue weighted by atomic mass is 16.1. The molecule has 0 rings (SSSR count). The maximum Gasteiger partial charge on any atom is 0.149 e. The van der Waals surface area contributed by atoms with E-state index in [0.717, 1.165) is 19.4 Å². The Morgan fingerprint density at radius 2 is 1.48 bits per heavy atom. The van der Waals surface area contributed by atoms with Gasteiger partial charge in [0.1, 0.15) is 11.6 Å². The van der Waals surface area contributed by atoms with Gasteiger partial charge in [-0.3, -0.25) is 9.59 Å². The molecule has 0 fully saturated rings. The zero-order valence-electron chi connectivity index (χ0n) is 16.5. The fraction of sp³-hybridized carbons (Fsp3) is 0.895. The average Bonchev–Trinajstić information content (AvgIpc) is 2.40. The van der Waals surface area contributed by atoms with Crippen LogP contribution in [0.25, 0.3) is 0 Å². The van der Waals surface area contributed by atoms with Crippen LogP contribution in [0.5, 0.6) is 0 Å². The van der Waals surface area contributed by atoms with E-state index in [1.807, 2.05) is 20.8 Å². The molecule has 0 aliphatic carbocycles. The Bertz CT molecular complexity index is 381. The van der Waals surface area contributed by atoms with Gasteiger partial charge in [0.25, 0.3) is 0 Å². The molecule has 4 heteroatoms. The summed E-state index contributed by atoms with van der Waals surface area (Å²) >= 11 is 0. The molecule has 1 unspecified atom stereocenters. The molecule has 4 nitrogen and oxygen atoms in total. The summed E-state index contributed by atoms with van der Waals surface area (Å²) in [6.45, 7) is 17.5. The molecule has 2 N–H and O–H groups in total. The van der Waals surface area contributed by atoms with Crippen LogP contribution in [0.2, 0.25) is 0 Å². The van der Waals surface area contributed by atoms with E-state index in [1.54, 1.807) is 0 Å². The van der Waals surface area contributed by atoms with Crippen molar-refractivity contribution in [2.45, 2.75) is 85.7 Å². The molecule has 1 atom stereocenters. The van der Waals surface area contributed by atoms with E-state index in [4.69, 9.17) is 0 Å². The summed E-state index contributed by atoms with van der Waals surface area (Å²) < 4.78 is 0. The van der Waals surface area contributed by atoms with Gasteiger partial charge in [-0.1, -0.05) is 20.8 Å². The lowest BCUT2D eigenvalue weighted by Crippen LogP contribution is -2.43.